The predicted molar refractivity (Wildman–Crippen MR) is 73.2 cm³/mol. The standard InChI is InChI=1S/C15H13F3N2O/c16-10-3-1-2-9(6-10)4-5-20-15(21)12-7-11(17)8-13(19)14(12)18/h1-3,6-8H,4-5,19H2,(H,20,21). The van der Waals surface area contributed by atoms with Crippen molar-refractivity contribution in [1.29, 1.82) is 0 Å². The second kappa shape index (κ2) is 6.30. The second-order valence-corrected chi connectivity index (χ2v) is 4.49. The van der Waals surface area contributed by atoms with E-state index in [4.69, 9.17) is 5.73 Å². The van der Waals surface area contributed by atoms with E-state index in [9.17, 15) is 18.0 Å². The molecule has 0 saturated heterocycles. The number of hydrogen-bond donors (Lipinski definition) is 2. The van der Waals surface area contributed by atoms with Crippen LogP contribution >= 0.6 is 0 Å². The molecule has 110 valence electrons. The van der Waals surface area contributed by atoms with Gasteiger partial charge < -0.3 is 11.1 Å². The Morgan fingerprint density at radius 1 is 1.10 bits per heavy atom. The molecule has 3 N–H and O–H groups in total. The monoisotopic (exact) mass is 294 g/mol. The molecule has 0 aliphatic heterocycles. The van der Waals surface area contributed by atoms with Crippen LogP contribution in [0.1, 0.15) is 15.9 Å². The normalized spacial score (nSPS) is 10.4. The summed E-state index contributed by atoms with van der Waals surface area (Å²) in [6.45, 7) is 0.165. The smallest absolute Gasteiger partial charge is 0.254 e. The third-order valence-electron chi connectivity index (χ3n) is 2.90. The number of hydrogen-bond acceptors (Lipinski definition) is 2. The lowest BCUT2D eigenvalue weighted by molar-refractivity contribution is 0.0949. The topological polar surface area (TPSA) is 55.1 Å². The molecule has 0 aromatic heterocycles. The van der Waals surface area contributed by atoms with E-state index >= 15 is 0 Å². The van der Waals surface area contributed by atoms with Crippen molar-refractivity contribution in [1.82, 2.24) is 5.32 Å². The number of rotatable bonds is 4. The van der Waals surface area contributed by atoms with Gasteiger partial charge in [-0.25, -0.2) is 13.2 Å². The fraction of sp³-hybridized carbons (Fsp3) is 0.133. The van der Waals surface area contributed by atoms with Gasteiger partial charge in [-0.2, -0.15) is 0 Å². The van der Waals surface area contributed by atoms with Crippen molar-refractivity contribution in [3.8, 4) is 0 Å². The maximum absolute atomic E-state index is 13.6. The van der Waals surface area contributed by atoms with Crippen molar-refractivity contribution in [2.75, 3.05) is 12.3 Å². The third-order valence-corrected chi connectivity index (χ3v) is 2.90. The van der Waals surface area contributed by atoms with E-state index in [0.717, 1.165) is 12.1 Å². The fourth-order valence-electron chi connectivity index (χ4n) is 1.88. The average Bonchev–Trinajstić information content (AvgIpc) is 2.42. The Bertz CT molecular complexity index is 674. The van der Waals surface area contributed by atoms with Crippen LogP contribution in [0.15, 0.2) is 36.4 Å². The largest absolute Gasteiger partial charge is 0.396 e. The van der Waals surface area contributed by atoms with Crippen molar-refractivity contribution in [2.45, 2.75) is 6.42 Å². The first-order valence-corrected chi connectivity index (χ1v) is 6.24. The number of carbonyl (C=O) groups excluding carboxylic acids is 1. The Balaban J connectivity index is 1.99. The molecule has 1 amide bonds. The van der Waals surface area contributed by atoms with E-state index in [-0.39, 0.29) is 12.4 Å². The van der Waals surface area contributed by atoms with E-state index < -0.39 is 28.8 Å². The highest BCUT2D eigenvalue weighted by Gasteiger charge is 2.15. The lowest BCUT2D eigenvalue weighted by Gasteiger charge is -2.08. The number of halogens is 3. The molecule has 0 unspecified atom stereocenters. The summed E-state index contributed by atoms with van der Waals surface area (Å²) in [4.78, 5) is 11.8. The molecule has 0 radical (unpaired) electrons. The van der Waals surface area contributed by atoms with Crippen molar-refractivity contribution in [3.63, 3.8) is 0 Å². The molecule has 2 aromatic carbocycles. The highest BCUT2D eigenvalue weighted by atomic mass is 19.1. The Morgan fingerprint density at radius 3 is 2.57 bits per heavy atom. The van der Waals surface area contributed by atoms with Crippen LogP contribution in [0.2, 0.25) is 0 Å². The van der Waals surface area contributed by atoms with Gasteiger partial charge in [-0.15, -0.1) is 0 Å². The minimum Gasteiger partial charge on any atom is -0.396 e. The third kappa shape index (κ3) is 3.75. The molecule has 3 nitrogen and oxygen atoms in total. The molecule has 2 aromatic rings. The van der Waals surface area contributed by atoms with Gasteiger partial charge in [0.1, 0.15) is 11.6 Å². The zero-order valence-corrected chi connectivity index (χ0v) is 11.0. The minimum absolute atomic E-state index is 0.165. The van der Waals surface area contributed by atoms with Gasteiger partial charge in [0.25, 0.3) is 5.91 Å². The average molecular weight is 294 g/mol. The van der Waals surface area contributed by atoms with Gasteiger partial charge in [0.2, 0.25) is 0 Å². The summed E-state index contributed by atoms with van der Waals surface area (Å²) in [6.07, 6.45) is 0.371. The lowest BCUT2D eigenvalue weighted by atomic mass is 10.1. The molecule has 0 aliphatic carbocycles. The highest BCUT2D eigenvalue weighted by molar-refractivity contribution is 5.95. The molecule has 0 bridgehead atoms. The minimum atomic E-state index is -0.959. The van der Waals surface area contributed by atoms with E-state index in [0.29, 0.717) is 12.0 Å². The molecule has 6 heteroatoms. The number of nitrogens with one attached hydrogen (secondary N) is 1. The summed E-state index contributed by atoms with van der Waals surface area (Å²) in [5, 5.41) is 2.44. The van der Waals surface area contributed by atoms with E-state index in [1.165, 1.54) is 12.1 Å². The van der Waals surface area contributed by atoms with Gasteiger partial charge in [-0.05, 0) is 36.2 Å². The van der Waals surface area contributed by atoms with Crippen LogP contribution in [0.3, 0.4) is 0 Å². The molecule has 0 aliphatic rings. The van der Waals surface area contributed by atoms with Crippen molar-refractivity contribution in [2.24, 2.45) is 0 Å². The van der Waals surface area contributed by atoms with Crippen LogP contribution in [0.5, 0.6) is 0 Å². The molecular formula is C15H13F3N2O. The zero-order chi connectivity index (χ0) is 15.4. The quantitative estimate of drug-likeness (QED) is 0.852. The van der Waals surface area contributed by atoms with Gasteiger partial charge in [-0.1, -0.05) is 12.1 Å². The Labute approximate surface area is 119 Å². The van der Waals surface area contributed by atoms with Crippen LogP contribution in [0.4, 0.5) is 18.9 Å². The molecule has 0 heterocycles. The Morgan fingerprint density at radius 2 is 1.86 bits per heavy atom. The molecule has 21 heavy (non-hydrogen) atoms. The summed E-state index contributed by atoms with van der Waals surface area (Å²) in [5.74, 6) is -2.89. The number of carbonyl (C=O) groups is 1. The van der Waals surface area contributed by atoms with Crippen molar-refractivity contribution in [3.05, 3.63) is 65.0 Å². The van der Waals surface area contributed by atoms with Gasteiger partial charge in [-0.3, -0.25) is 4.79 Å². The SMILES string of the molecule is Nc1cc(F)cc(C(=O)NCCc2cccc(F)c2)c1F. The number of nitrogens with two attached hydrogens (primary N) is 1. The number of nitrogen functional groups attached to an aromatic ring is 1. The molecule has 0 atom stereocenters. The van der Waals surface area contributed by atoms with E-state index in [1.54, 1.807) is 12.1 Å². The Kier molecular flexibility index (Phi) is 4.47. The summed E-state index contributed by atoms with van der Waals surface area (Å²) < 4.78 is 39.7. The lowest BCUT2D eigenvalue weighted by Crippen LogP contribution is -2.27. The number of benzene rings is 2. The van der Waals surface area contributed by atoms with Crippen molar-refractivity contribution >= 4 is 11.6 Å². The maximum atomic E-state index is 13.6. The van der Waals surface area contributed by atoms with E-state index in [2.05, 4.69) is 5.32 Å². The highest BCUT2D eigenvalue weighted by Crippen LogP contribution is 2.17. The summed E-state index contributed by atoms with van der Waals surface area (Å²) in [5.41, 5.74) is 5.07. The first kappa shape index (κ1) is 14.9. The first-order chi connectivity index (χ1) is 9.97. The van der Waals surface area contributed by atoms with Crippen LogP contribution in [-0.2, 0) is 6.42 Å². The molecule has 2 rings (SSSR count). The molecule has 0 fully saturated rings. The first-order valence-electron chi connectivity index (χ1n) is 6.24. The maximum Gasteiger partial charge on any atom is 0.254 e. The molecule has 0 spiro atoms. The van der Waals surface area contributed by atoms with Crippen LogP contribution in [0, 0.1) is 17.5 Å². The van der Waals surface area contributed by atoms with Gasteiger partial charge in [0.15, 0.2) is 5.82 Å². The van der Waals surface area contributed by atoms with Crippen LogP contribution in [0.25, 0.3) is 0 Å². The van der Waals surface area contributed by atoms with Gasteiger partial charge in [0, 0.05) is 6.54 Å². The van der Waals surface area contributed by atoms with E-state index in [1.807, 2.05) is 0 Å². The summed E-state index contributed by atoms with van der Waals surface area (Å²) >= 11 is 0. The van der Waals surface area contributed by atoms with Crippen LogP contribution in [-0.4, -0.2) is 12.5 Å². The molecule has 0 saturated carbocycles. The zero-order valence-electron chi connectivity index (χ0n) is 11.0. The van der Waals surface area contributed by atoms with Gasteiger partial charge >= 0.3 is 0 Å². The van der Waals surface area contributed by atoms with Crippen LogP contribution < -0.4 is 11.1 Å². The van der Waals surface area contributed by atoms with Crippen molar-refractivity contribution < 1.29 is 18.0 Å². The second-order valence-electron chi connectivity index (χ2n) is 4.49. The molecular weight excluding hydrogens is 281 g/mol. The predicted octanol–water partition coefficient (Wildman–Crippen LogP) is 2.66. The Hall–Kier alpha value is -2.50. The van der Waals surface area contributed by atoms with Gasteiger partial charge in [0.05, 0.1) is 11.3 Å². The number of amides is 1. The fourth-order valence-corrected chi connectivity index (χ4v) is 1.88. The number of anilines is 1. The summed E-state index contributed by atoms with van der Waals surface area (Å²) in [6, 6.07) is 7.50. The summed E-state index contributed by atoms with van der Waals surface area (Å²) in [7, 11) is 0.